The highest BCUT2D eigenvalue weighted by atomic mass is 16.2. The smallest absolute Gasteiger partial charge is 0.267 e. The average molecular weight is 316 g/mol. The number of pyridine rings is 1. The van der Waals surface area contributed by atoms with Crippen molar-refractivity contribution in [1.82, 2.24) is 15.6 Å². The maximum atomic E-state index is 12.1. The summed E-state index contributed by atoms with van der Waals surface area (Å²) in [6.07, 6.45) is 4.30. The second-order valence-corrected chi connectivity index (χ2v) is 6.10. The predicted octanol–water partition coefficient (Wildman–Crippen LogP) is 0.168. The minimum absolute atomic E-state index is 0.122. The Hall–Kier alpha value is -2.28. The molecule has 3 heterocycles. The molecule has 0 aliphatic carbocycles. The zero-order valence-corrected chi connectivity index (χ0v) is 12.8. The van der Waals surface area contributed by atoms with Gasteiger partial charge in [0.25, 0.3) is 5.91 Å². The number of primary amides is 1. The monoisotopic (exact) mass is 316 g/mol. The lowest BCUT2D eigenvalue weighted by atomic mass is 9.85. The van der Waals surface area contributed by atoms with Crippen LogP contribution in [-0.4, -0.2) is 35.8 Å². The van der Waals surface area contributed by atoms with Crippen molar-refractivity contribution in [2.75, 3.05) is 13.1 Å². The van der Waals surface area contributed by atoms with Gasteiger partial charge in [0.2, 0.25) is 11.8 Å². The van der Waals surface area contributed by atoms with Gasteiger partial charge in [0.15, 0.2) is 0 Å². The van der Waals surface area contributed by atoms with Crippen LogP contribution < -0.4 is 16.4 Å². The minimum Gasteiger partial charge on any atom is -0.364 e. The van der Waals surface area contributed by atoms with E-state index in [0.29, 0.717) is 17.9 Å². The summed E-state index contributed by atoms with van der Waals surface area (Å²) in [4.78, 5) is 39.4. The van der Waals surface area contributed by atoms with Gasteiger partial charge in [-0.05, 0) is 49.4 Å². The molecule has 1 atom stereocenters. The van der Waals surface area contributed by atoms with Crippen LogP contribution in [0, 0.1) is 0 Å². The van der Waals surface area contributed by atoms with Gasteiger partial charge in [-0.2, -0.15) is 0 Å². The van der Waals surface area contributed by atoms with Crippen molar-refractivity contribution in [2.24, 2.45) is 5.73 Å². The van der Waals surface area contributed by atoms with E-state index in [1.807, 2.05) is 6.07 Å². The van der Waals surface area contributed by atoms with E-state index in [2.05, 4.69) is 15.6 Å². The molecular formula is C16H20N4O3. The number of nitrogens with zero attached hydrogens (tertiary/aromatic N) is 1. The van der Waals surface area contributed by atoms with Crippen LogP contribution in [0.25, 0.3) is 0 Å². The lowest BCUT2D eigenvalue weighted by Crippen LogP contribution is -2.40. The number of amides is 3. The standard InChI is InChI=1S/C16H20N4O3/c17-15(22)14-12(11-1-2-13(21)20-16(11)23)7-10(8-19-14)9-3-5-18-6-4-9/h7-9,11,18H,1-6H2,(H2,17,22)(H,20,21,23). The molecule has 3 amide bonds. The van der Waals surface area contributed by atoms with Crippen LogP contribution in [0.3, 0.4) is 0 Å². The first-order valence-electron chi connectivity index (χ1n) is 7.90. The molecule has 7 heteroatoms. The first kappa shape index (κ1) is 15.6. The number of piperidine rings is 2. The van der Waals surface area contributed by atoms with E-state index in [1.54, 1.807) is 6.20 Å². The third-order valence-electron chi connectivity index (χ3n) is 4.60. The van der Waals surface area contributed by atoms with Crippen LogP contribution >= 0.6 is 0 Å². The number of nitrogens with one attached hydrogen (secondary N) is 2. The minimum atomic E-state index is -0.651. The molecule has 0 aromatic carbocycles. The van der Waals surface area contributed by atoms with E-state index in [1.165, 1.54) is 0 Å². The summed E-state index contributed by atoms with van der Waals surface area (Å²) in [6.45, 7) is 1.88. The molecule has 2 fully saturated rings. The molecule has 0 radical (unpaired) electrons. The van der Waals surface area contributed by atoms with Crippen LogP contribution in [0.5, 0.6) is 0 Å². The van der Waals surface area contributed by atoms with Crippen molar-refractivity contribution < 1.29 is 14.4 Å². The molecule has 0 bridgehead atoms. The van der Waals surface area contributed by atoms with Crippen LogP contribution in [0.2, 0.25) is 0 Å². The highest BCUT2D eigenvalue weighted by Gasteiger charge is 2.32. The highest BCUT2D eigenvalue weighted by Crippen LogP contribution is 2.31. The molecule has 1 unspecified atom stereocenters. The molecule has 2 saturated heterocycles. The van der Waals surface area contributed by atoms with Gasteiger partial charge in [0.05, 0.1) is 5.92 Å². The fourth-order valence-corrected chi connectivity index (χ4v) is 3.34. The van der Waals surface area contributed by atoms with Crippen LogP contribution in [-0.2, 0) is 9.59 Å². The summed E-state index contributed by atoms with van der Waals surface area (Å²) >= 11 is 0. The van der Waals surface area contributed by atoms with Crippen molar-refractivity contribution in [3.8, 4) is 0 Å². The van der Waals surface area contributed by atoms with E-state index in [0.717, 1.165) is 31.5 Å². The fourth-order valence-electron chi connectivity index (χ4n) is 3.34. The van der Waals surface area contributed by atoms with Gasteiger partial charge in [-0.1, -0.05) is 6.07 Å². The Balaban J connectivity index is 1.96. The van der Waals surface area contributed by atoms with E-state index in [4.69, 9.17) is 5.73 Å². The second kappa shape index (κ2) is 6.45. The van der Waals surface area contributed by atoms with Gasteiger partial charge in [0.1, 0.15) is 5.69 Å². The molecule has 1 aromatic rings. The number of aromatic nitrogens is 1. The number of carbonyl (C=O) groups is 3. The molecular weight excluding hydrogens is 296 g/mol. The number of rotatable bonds is 3. The largest absolute Gasteiger partial charge is 0.364 e. The molecule has 1 aromatic heterocycles. The Kier molecular flexibility index (Phi) is 4.38. The predicted molar refractivity (Wildman–Crippen MR) is 82.7 cm³/mol. The van der Waals surface area contributed by atoms with E-state index in [9.17, 15) is 14.4 Å². The van der Waals surface area contributed by atoms with Crippen LogP contribution in [0.4, 0.5) is 0 Å². The zero-order chi connectivity index (χ0) is 16.4. The maximum absolute atomic E-state index is 12.1. The molecule has 122 valence electrons. The molecule has 2 aliphatic heterocycles. The quantitative estimate of drug-likeness (QED) is 0.688. The normalized spacial score (nSPS) is 22.7. The van der Waals surface area contributed by atoms with Gasteiger partial charge in [-0.3, -0.25) is 24.7 Å². The first-order valence-corrected chi connectivity index (χ1v) is 7.90. The number of carbonyl (C=O) groups excluding carboxylic acids is 3. The van der Waals surface area contributed by atoms with Crippen LogP contribution in [0.15, 0.2) is 12.3 Å². The van der Waals surface area contributed by atoms with Crippen molar-refractivity contribution in [1.29, 1.82) is 0 Å². The van der Waals surface area contributed by atoms with Gasteiger partial charge in [0, 0.05) is 12.6 Å². The lowest BCUT2D eigenvalue weighted by molar-refractivity contribution is -0.134. The van der Waals surface area contributed by atoms with Crippen molar-refractivity contribution in [3.63, 3.8) is 0 Å². The molecule has 4 N–H and O–H groups in total. The SMILES string of the molecule is NC(=O)c1ncc(C2CCNCC2)cc1C1CCC(=O)NC1=O. The Morgan fingerprint density at radius 3 is 2.61 bits per heavy atom. The summed E-state index contributed by atoms with van der Waals surface area (Å²) in [5.41, 5.74) is 7.10. The second-order valence-electron chi connectivity index (χ2n) is 6.10. The molecule has 3 rings (SSSR count). The molecule has 0 spiro atoms. The summed E-state index contributed by atoms with van der Waals surface area (Å²) in [6, 6.07) is 1.88. The van der Waals surface area contributed by atoms with E-state index >= 15 is 0 Å². The highest BCUT2D eigenvalue weighted by molar-refractivity contribution is 6.02. The maximum Gasteiger partial charge on any atom is 0.267 e. The number of nitrogens with two attached hydrogens (primary N) is 1. The molecule has 23 heavy (non-hydrogen) atoms. The summed E-state index contributed by atoms with van der Waals surface area (Å²) in [5.74, 6) is -1.51. The summed E-state index contributed by atoms with van der Waals surface area (Å²) in [5, 5.41) is 5.63. The van der Waals surface area contributed by atoms with Crippen molar-refractivity contribution >= 4 is 17.7 Å². The average Bonchev–Trinajstić information content (AvgIpc) is 2.55. The van der Waals surface area contributed by atoms with E-state index in [-0.39, 0.29) is 23.9 Å². The van der Waals surface area contributed by atoms with Crippen molar-refractivity contribution in [2.45, 2.75) is 37.5 Å². The Bertz CT molecular complexity index is 653. The molecule has 2 aliphatic rings. The Labute approximate surface area is 134 Å². The third kappa shape index (κ3) is 3.24. The molecule has 0 saturated carbocycles. The van der Waals surface area contributed by atoms with Gasteiger partial charge in [-0.25, -0.2) is 0 Å². The fraction of sp³-hybridized carbons (Fsp3) is 0.500. The number of hydrogen-bond acceptors (Lipinski definition) is 5. The van der Waals surface area contributed by atoms with Gasteiger partial charge >= 0.3 is 0 Å². The van der Waals surface area contributed by atoms with E-state index < -0.39 is 11.8 Å². The first-order chi connectivity index (χ1) is 11.1. The van der Waals surface area contributed by atoms with Gasteiger partial charge in [-0.15, -0.1) is 0 Å². The van der Waals surface area contributed by atoms with Crippen LogP contribution in [0.1, 0.15) is 59.1 Å². The Morgan fingerprint density at radius 1 is 1.22 bits per heavy atom. The summed E-state index contributed by atoms with van der Waals surface area (Å²) in [7, 11) is 0. The summed E-state index contributed by atoms with van der Waals surface area (Å²) < 4.78 is 0. The Morgan fingerprint density at radius 2 is 1.96 bits per heavy atom. The third-order valence-corrected chi connectivity index (χ3v) is 4.60. The van der Waals surface area contributed by atoms with Crippen molar-refractivity contribution in [3.05, 3.63) is 29.1 Å². The molecule has 7 nitrogen and oxygen atoms in total. The lowest BCUT2D eigenvalue weighted by Gasteiger charge is -2.26. The zero-order valence-electron chi connectivity index (χ0n) is 12.8. The number of imide groups is 1. The topological polar surface area (TPSA) is 114 Å². The van der Waals surface area contributed by atoms with Gasteiger partial charge < -0.3 is 11.1 Å². The number of hydrogen-bond donors (Lipinski definition) is 3.